The first-order valence-corrected chi connectivity index (χ1v) is 7.09. The summed E-state index contributed by atoms with van der Waals surface area (Å²) in [6.45, 7) is 2.60. The molecule has 0 bridgehead atoms. The Morgan fingerprint density at radius 2 is 2.25 bits per heavy atom. The monoisotopic (exact) mass is 337 g/mol. The molecule has 5 nitrogen and oxygen atoms in total. The van der Waals surface area contributed by atoms with Crippen molar-refractivity contribution in [2.75, 3.05) is 5.32 Å². The number of benzene rings is 1. The van der Waals surface area contributed by atoms with E-state index < -0.39 is 5.97 Å². The number of rotatable bonds is 5. The zero-order chi connectivity index (χ0) is 14.7. The molecule has 6 heteroatoms. The van der Waals surface area contributed by atoms with Crippen LogP contribution in [0, 0.1) is 0 Å². The van der Waals surface area contributed by atoms with Crippen LogP contribution in [0.5, 0.6) is 0 Å². The Bertz CT molecular complexity index is 637. The lowest BCUT2D eigenvalue weighted by Crippen LogP contribution is -2.07. The molecule has 0 saturated heterocycles. The Labute approximate surface area is 125 Å². The van der Waals surface area contributed by atoms with Crippen LogP contribution in [0.4, 0.5) is 5.69 Å². The molecule has 1 aromatic carbocycles. The van der Waals surface area contributed by atoms with E-state index in [0.717, 1.165) is 17.7 Å². The fraction of sp³-hybridized carbons (Fsp3) is 0.286. The summed E-state index contributed by atoms with van der Waals surface area (Å²) in [6, 6.07) is 5.29. The third-order valence-corrected chi connectivity index (χ3v) is 3.68. The summed E-state index contributed by atoms with van der Waals surface area (Å²) in [5, 5.41) is 16.8. The van der Waals surface area contributed by atoms with E-state index in [1.807, 2.05) is 26.2 Å². The van der Waals surface area contributed by atoms with Gasteiger partial charge >= 0.3 is 5.97 Å². The van der Waals surface area contributed by atoms with Crippen molar-refractivity contribution in [3.8, 4) is 0 Å². The van der Waals surface area contributed by atoms with E-state index in [2.05, 4.69) is 26.3 Å². The molecule has 1 heterocycles. The number of aromatic nitrogens is 2. The van der Waals surface area contributed by atoms with E-state index in [0.29, 0.717) is 16.7 Å². The van der Waals surface area contributed by atoms with Crippen LogP contribution in [-0.2, 0) is 20.0 Å². The number of carboxylic acid groups (broad SMARTS) is 1. The van der Waals surface area contributed by atoms with Gasteiger partial charge in [0.1, 0.15) is 0 Å². The first-order chi connectivity index (χ1) is 9.52. The Hall–Kier alpha value is -1.82. The number of hydrogen-bond acceptors (Lipinski definition) is 3. The molecule has 0 unspecified atom stereocenters. The first kappa shape index (κ1) is 14.6. The van der Waals surface area contributed by atoms with Crippen LogP contribution in [0.25, 0.3) is 0 Å². The molecular weight excluding hydrogens is 322 g/mol. The Morgan fingerprint density at radius 3 is 2.90 bits per heavy atom. The highest BCUT2D eigenvalue weighted by Gasteiger charge is 2.14. The van der Waals surface area contributed by atoms with Gasteiger partial charge in [0.2, 0.25) is 0 Å². The molecule has 0 aliphatic rings. The summed E-state index contributed by atoms with van der Waals surface area (Å²) in [4.78, 5) is 11.3. The topological polar surface area (TPSA) is 67.2 Å². The summed E-state index contributed by atoms with van der Waals surface area (Å²) in [6.07, 6.45) is 2.80. The molecule has 106 valence electrons. The summed E-state index contributed by atoms with van der Waals surface area (Å²) in [7, 11) is 1.88. The molecule has 1 aromatic heterocycles. The normalized spacial score (nSPS) is 10.6. The smallest absolute Gasteiger partial charge is 0.338 e. The second-order valence-electron chi connectivity index (χ2n) is 4.45. The van der Waals surface area contributed by atoms with Crippen molar-refractivity contribution in [2.45, 2.75) is 19.9 Å². The minimum absolute atomic E-state index is 0.245. The molecule has 0 radical (unpaired) electrons. The van der Waals surface area contributed by atoms with Crippen molar-refractivity contribution in [2.24, 2.45) is 7.05 Å². The minimum atomic E-state index is -0.957. The van der Waals surface area contributed by atoms with Crippen molar-refractivity contribution in [1.82, 2.24) is 9.78 Å². The number of nitrogens with zero attached hydrogens (tertiary/aromatic N) is 2. The van der Waals surface area contributed by atoms with Crippen molar-refractivity contribution in [1.29, 1.82) is 0 Å². The minimum Gasteiger partial charge on any atom is -0.478 e. The van der Waals surface area contributed by atoms with Crippen molar-refractivity contribution >= 4 is 27.6 Å². The molecule has 0 amide bonds. The fourth-order valence-electron chi connectivity index (χ4n) is 2.11. The number of anilines is 1. The third-order valence-electron chi connectivity index (χ3n) is 3.02. The maximum absolute atomic E-state index is 11.3. The number of hydrogen-bond donors (Lipinski definition) is 2. The largest absolute Gasteiger partial charge is 0.478 e. The summed E-state index contributed by atoms with van der Waals surface area (Å²) in [5.74, 6) is -0.957. The highest BCUT2D eigenvalue weighted by Crippen LogP contribution is 2.25. The molecular formula is C14H16BrN3O2. The molecule has 2 aromatic rings. The van der Waals surface area contributed by atoms with E-state index in [1.54, 1.807) is 16.8 Å². The van der Waals surface area contributed by atoms with Gasteiger partial charge in [0, 0.05) is 29.8 Å². The van der Waals surface area contributed by atoms with Gasteiger partial charge in [-0.05, 0) is 34.5 Å². The highest BCUT2D eigenvalue weighted by molar-refractivity contribution is 9.10. The van der Waals surface area contributed by atoms with E-state index in [1.165, 1.54) is 0 Å². The van der Waals surface area contributed by atoms with Gasteiger partial charge in [-0.1, -0.05) is 13.0 Å². The van der Waals surface area contributed by atoms with Gasteiger partial charge in [0.25, 0.3) is 0 Å². The van der Waals surface area contributed by atoms with Crippen LogP contribution < -0.4 is 5.32 Å². The van der Waals surface area contributed by atoms with E-state index in [-0.39, 0.29) is 5.56 Å². The SMILES string of the molecule is CCc1nn(C)cc1CNc1cccc(Br)c1C(=O)O. The van der Waals surface area contributed by atoms with Crippen LogP contribution >= 0.6 is 15.9 Å². The fourth-order valence-corrected chi connectivity index (χ4v) is 2.64. The third kappa shape index (κ3) is 3.01. The molecule has 2 rings (SSSR count). The van der Waals surface area contributed by atoms with Gasteiger partial charge in [-0.2, -0.15) is 5.10 Å². The van der Waals surface area contributed by atoms with Crippen molar-refractivity contribution in [3.63, 3.8) is 0 Å². The lowest BCUT2D eigenvalue weighted by molar-refractivity contribution is 0.0697. The van der Waals surface area contributed by atoms with Gasteiger partial charge in [-0.3, -0.25) is 4.68 Å². The Kier molecular flexibility index (Phi) is 4.44. The van der Waals surface area contributed by atoms with E-state index in [4.69, 9.17) is 0 Å². The van der Waals surface area contributed by atoms with Crippen LogP contribution in [0.15, 0.2) is 28.9 Å². The van der Waals surface area contributed by atoms with Gasteiger partial charge < -0.3 is 10.4 Å². The lowest BCUT2D eigenvalue weighted by atomic mass is 10.1. The van der Waals surface area contributed by atoms with Crippen LogP contribution in [0.3, 0.4) is 0 Å². The summed E-state index contributed by atoms with van der Waals surface area (Å²) in [5.41, 5.74) is 2.94. The quantitative estimate of drug-likeness (QED) is 0.879. The number of halogens is 1. The molecule has 0 aliphatic carbocycles. The van der Waals surface area contributed by atoms with Crippen molar-refractivity contribution < 1.29 is 9.90 Å². The molecule has 0 spiro atoms. The molecule has 20 heavy (non-hydrogen) atoms. The zero-order valence-electron chi connectivity index (χ0n) is 11.4. The van der Waals surface area contributed by atoms with Crippen molar-refractivity contribution in [3.05, 3.63) is 45.7 Å². The summed E-state index contributed by atoms with van der Waals surface area (Å²) < 4.78 is 2.34. The van der Waals surface area contributed by atoms with E-state index >= 15 is 0 Å². The van der Waals surface area contributed by atoms with Gasteiger partial charge in [0.15, 0.2) is 0 Å². The molecule has 2 N–H and O–H groups in total. The predicted molar refractivity (Wildman–Crippen MR) is 81.0 cm³/mol. The van der Waals surface area contributed by atoms with Gasteiger partial charge in [-0.25, -0.2) is 4.79 Å². The van der Waals surface area contributed by atoms with Crippen LogP contribution in [0.2, 0.25) is 0 Å². The molecule has 0 aliphatic heterocycles. The molecule has 0 saturated carbocycles. The Balaban J connectivity index is 2.23. The second-order valence-corrected chi connectivity index (χ2v) is 5.30. The van der Waals surface area contributed by atoms with Gasteiger partial charge in [0.05, 0.1) is 16.9 Å². The first-order valence-electron chi connectivity index (χ1n) is 6.30. The summed E-state index contributed by atoms with van der Waals surface area (Å²) >= 11 is 3.27. The number of carboxylic acids is 1. The number of nitrogens with one attached hydrogen (secondary N) is 1. The second kappa shape index (κ2) is 6.09. The zero-order valence-corrected chi connectivity index (χ0v) is 12.9. The highest BCUT2D eigenvalue weighted by atomic mass is 79.9. The standard InChI is InChI=1S/C14H16BrN3O2/c1-3-11-9(8-18(2)17-11)7-16-12-6-4-5-10(15)13(12)14(19)20/h4-6,8,16H,3,7H2,1-2H3,(H,19,20). The molecule has 0 fully saturated rings. The van der Waals surface area contributed by atoms with E-state index in [9.17, 15) is 9.90 Å². The number of aromatic carboxylic acids is 1. The van der Waals surface area contributed by atoms with Gasteiger partial charge in [-0.15, -0.1) is 0 Å². The maximum Gasteiger partial charge on any atom is 0.338 e. The number of carbonyl (C=O) groups is 1. The molecule has 0 atom stereocenters. The average molecular weight is 338 g/mol. The Morgan fingerprint density at radius 1 is 1.50 bits per heavy atom. The van der Waals surface area contributed by atoms with Crippen LogP contribution in [-0.4, -0.2) is 20.9 Å². The van der Waals surface area contributed by atoms with Crippen LogP contribution in [0.1, 0.15) is 28.5 Å². The predicted octanol–water partition coefficient (Wildman–Crippen LogP) is 3.06. The lowest BCUT2D eigenvalue weighted by Gasteiger charge is -2.10. The maximum atomic E-state index is 11.3. The average Bonchev–Trinajstić information content (AvgIpc) is 2.76. The number of aryl methyl sites for hydroxylation is 2.